The second-order valence-corrected chi connectivity index (χ2v) is 5.95. The van der Waals surface area contributed by atoms with Gasteiger partial charge in [0, 0.05) is 36.4 Å². The Morgan fingerprint density at radius 3 is 3.00 bits per heavy atom. The van der Waals surface area contributed by atoms with Crippen molar-refractivity contribution in [1.82, 2.24) is 10.2 Å². The zero-order chi connectivity index (χ0) is 10.2. The number of thioether (sulfide) groups is 2. The summed E-state index contributed by atoms with van der Waals surface area (Å²) < 4.78 is 0. The van der Waals surface area contributed by atoms with Gasteiger partial charge in [-0.05, 0) is 26.3 Å². The number of rotatable bonds is 6. The molecule has 1 saturated heterocycles. The fourth-order valence-corrected chi connectivity index (χ4v) is 3.03. The van der Waals surface area contributed by atoms with Crippen LogP contribution in [0.25, 0.3) is 0 Å². The van der Waals surface area contributed by atoms with Gasteiger partial charge in [0.25, 0.3) is 0 Å². The fraction of sp³-hybridized carbons (Fsp3) is 1.00. The SMILES string of the molecule is CSCCN(C)CCC1CSCCN1. The van der Waals surface area contributed by atoms with Crippen LogP contribution >= 0.6 is 23.5 Å². The lowest BCUT2D eigenvalue weighted by atomic mass is 10.2. The van der Waals surface area contributed by atoms with Crippen molar-refractivity contribution in [3.05, 3.63) is 0 Å². The molecular formula is C10H22N2S2. The van der Waals surface area contributed by atoms with E-state index in [1.165, 1.54) is 43.3 Å². The molecule has 84 valence electrons. The first-order chi connectivity index (χ1) is 6.83. The van der Waals surface area contributed by atoms with Crippen LogP contribution in [0.3, 0.4) is 0 Å². The van der Waals surface area contributed by atoms with E-state index >= 15 is 0 Å². The largest absolute Gasteiger partial charge is 0.312 e. The molecule has 1 N–H and O–H groups in total. The summed E-state index contributed by atoms with van der Waals surface area (Å²) in [6.45, 7) is 3.66. The molecule has 1 aliphatic heterocycles. The standard InChI is InChI=1S/C10H22N2S2/c1-12(6-8-13-2)5-3-10-9-14-7-4-11-10/h10-11H,3-9H2,1-2H3. The van der Waals surface area contributed by atoms with E-state index in [0.717, 1.165) is 6.04 Å². The lowest BCUT2D eigenvalue weighted by molar-refractivity contribution is 0.329. The molecule has 0 aromatic rings. The van der Waals surface area contributed by atoms with Crippen molar-refractivity contribution in [1.29, 1.82) is 0 Å². The lowest BCUT2D eigenvalue weighted by Crippen LogP contribution is -2.39. The monoisotopic (exact) mass is 234 g/mol. The fourth-order valence-electron chi connectivity index (χ4n) is 1.54. The van der Waals surface area contributed by atoms with E-state index in [1.54, 1.807) is 0 Å². The summed E-state index contributed by atoms with van der Waals surface area (Å²) in [5, 5.41) is 3.58. The molecule has 14 heavy (non-hydrogen) atoms. The van der Waals surface area contributed by atoms with Crippen LogP contribution in [0, 0.1) is 0 Å². The molecule has 1 heterocycles. The van der Waals surface area contributed by atoms with Crippen LogP contribution < -0.4 is 5.32 Å². The highest BCUT2D eigenvalue weighted by Gasteiger charge is 2.12. The van der Waals surface area contributed by atoms with Crippen LogP contribution in [-0.2, 0) is 0 Å². The predicted octanol–water partition coefficient (Wildman–Crippen LogP) is 1.38. The molecule has 0 aliphatic carbocycles. The highest BCUT2D eigenvalue weighted by molar-refractivity contribution is 7.99. The third-order valence-electron chi connectivity index (χ3n) is 2.53. The summed E-state index contributed by atoms with van der Waals surface area (Å²) in [7, 11) is 2.23. The average molecular weight is 234 g/mol. The molecule has 0 spiro atoms. The molecule has 1 rings (SSSR count). The zero-order valence-electron chi connectivity index (χ0n) is 9.29. The van der Waals surface area contributed by atoms with Crippen molar-refractivity contribution in [2.75, 3.05) is 50.2 Å². The molecular weight excluding hydrogens is 212 g/mol. The van der Waals surface area contributed by atoms with Gasteiger partial charge in [0.2, 0.25) is 0 Å². The second-order valence-electron chi connectivity index (χ2n) is 3.81. The van der Waals surface area contributed by atoms with Gasteiger partial charge in [-0.1, -0.05) is 0 Å². The van der Waals surface area contributed by atoms with Crippen molar-refractivity contribution in [3.63, 3.8) is 0 Å². The number of hydrogen-bond acceptors (Lipinski definition) is 4. The Balaban J connectivity index is 2.00. The normalized spacial score (nSPS) is 22.9. The van der Waals surface area contributed by atoms with Gasteiger partial charge in [-0.15, -0.1) is 0 Å². The average Bonchev–Trinajstić information content (AvgIpc) is 2.25. The number of nitrogens with one attached hydrogen (secondary N) is 1. The molecule has 1 atom stereocenters. The number of nitrogens with zero attached hydrogens (tertiary/aromatic N) is 1. The minimum atomic E-state index is 0.755. The summed E-state index contributed by atoms with van der Waals surface area (Å²) in [5.41, 5.74) is 0. The second kappa shape index (κ2) is 7.85. The molecule has 1 unspecified atom stereocenters. The minimum Gasteiger partial charge on any atom is -0.312 e. The van der Waals surface area contributed by atoms with E-state index in [4.69, 9.17) is 0 Å². The highest BCUT2D eigenvalue weighted by Crippen LogP contribution is 2.10. The van der Waals surface area contributed by atoms with Gasteiger partial charge >= 0.3 is 0 Å². The molecule has 0 saturated carbocycles. The van der Waals surface area contributed by atoms with Crippen LogP contribution in [-0.4, -0.2) is 61.1 Å². The maximum absolute atomic E-state index is 3.58. The van der Waals surface area contributed by atoms with E-state index in [0.29, 0.717) is 0 Å². The van der Waals surface area contributed by atoms with Crippen molar-refractivity contribution in [3.8, 4) is 0 Å². The van der Waals surface area contributed by atoms with E-state index in [-0.39, 0.29) is 0 Å². The molecule has 4 heteroatoms. The lowest BCUT2D eigenvalue weighted by Gasteiger charge is -2.25. The summed E-state index contributed by atoms with van der Waals surface area (Å²) in [6, 6.07) is 0.755. The van der Waals surface area contributed by atoms with Crippen LogP contribution in [0.5, 0.6) is 0 Å². The van der Waals surface area contributed by atoms with Crippen LogP contribution in [0.15, 0.2) is 0 Å². The van der Waals surface area contributed by atoms with Gasteiger partial charge in [0.1, 0.15) is 0 Å². The van der Waals surface area contributed by atoms with Crippen LogP contribution in [0.4, 0.5) is 0 Å². The molecule has 0 bridgehead atoms. The van der Waals surface area contributed by atoms with Crippen molar-refractivity contribution in [2.45, 2.75) is 12.5 Å². The zero-order valence-corrected chi connectivity index (χ0v) is 10.9. The first-order valence-electron chi connectivity index (χ1n) is 5.31. The van der Waals surface area contributed by atoms with Gasteiger partial charge in [-0.3, -0.25) is 0 Å². The minimum absolute atomic E-state index is 0.755. The van der Waals surface area contributed by atoms with E-state index in [9.17, 15) is 0 Å². The van der Waals surface area contributed by atoms with Gasteiger partial charge in [0.15, 0.2) is 0 Å². The Morgan fingerprint density at radius 1 is 1.50 bits per heavy atom. The Morgan fingerprint density at radius 2 is 2.36 bits per heavy atom. The van der Waals surface area contributed by atoms with Crippen LogP contribution in [0.2, 0.25) is 0 Å². The maximum atomic E-state index is 3.58. The Labute approximate surface area is 96.6 Å². The smallest absolute Gasteiger partial charge is 0.0170 e. The van der Waals surface area contributed by atoms with Gasteiger partial charge in [-0.25, -0.2) is 0 Å². The molecule has 1 fully saturated rings. The van der Waals surface area contributed by atoms with E-state index in [2.05, 4.69) is 35.3 Å². The molecule has 0 aromatic carbocycles. The summed E-state index contributed by atoms with van der Waals surface area (Å²) >= 11 is 4.02. The first-order valence-corrected chi connectivity index (χ1v) is 7.86. The molecule has 0 aromatic heterocycles. The Bertz CT molecular complexity index is 138. The molecule has 1 aliphatic rings. The third kappa shape index (κ3) is 5.49. The molecule has 2 nitrogen and oxygen atoms in total. The maximum Gasteiger partial charge on any atom is 0.0170 e. The summed E-state index contributed by atoms with van der Waals surface area (Å²) in [6.07, 6.45) is 3.48. The summed E-state index contributed by atoms with van der Waals surface area (Å²) in [5.74, 6) is 3.85. The third-order valence-corrected chi connectivity index (χ3v) is 4.26. The molecule has 0 radical (unpaired) electrons. The Hall–Kier alpha value is 0.620. The van der Waals surface area contributed by atoms with E-state index in [1.807, 2.05) is 11.8 Å². The Kier molecular flexibility index (Phi) is 7.12. The van der Waals surface area contributed by atoms with Crippen molar-refractivity contribution >= 4 is 23.5 Å². The summed E-state index contributed by atoms with van der Waals surface area (Å²) in [4.78, 5) is 2.44. The highest BCUT2D eigenvalue weighted by atomic mass is 32.2. The van der Waals surface area contributed by atoms with Gasteiger partial charge in [-0.2, -0.15) is 23.5 Å². The van der Waals surface area contributed by atoms with Crippen molar-refractivity contribution < 1.29 is 0 Å². The van der Waals surface area contributed by atoms with E-state index < -0.39 is 0 Å². The van der Waals surface area contributed by atoms with Gasteiger partial charge in [0.05, 0.1) is 0 Å². The molecule has 0 amide bonds. The topological polar surface area (TPSA) is 15.3 Å². The number of hydrogen-bond donors (Lipinski definition) is 1. The van der Waals surface area contributed by atoms with Crippen LogP contribution in [0.1, 0.15) is 6.42 Å². The predicted molar refractivity (Wildman–Crippen MR) is 69.6 cm³/mol. The van der Waals surface area contributed by atoms with Gasteiger partial charge < -0.3 is 10.2 Å². The van der Waals surface area contributed by atoms with Crippen molar-refractivity contribution in [2.24, 2.45) is 0 Å². The first kappa shape index (κ1) is 12.7. The quantitative estimate of drug-likeness (QED) is 0.746.